The standard InChI is InChI=1S/C14H17ClN2O/c15-12-8-4-5-9-13(12)17-14(18)10-16-11-6-2-1-3-7-11/h1-2,4-5,8-9,11,16H,3,6-7,10H2,(H,17,18). The molecule has 2 N–H and O–H groups in total. The molecule has 0 spiro atoms. The van der Waals surface area contributed by atoms with Crippen LogP contribution in [-0.4, -0.2) is 18.5 Å². The summed E-state index contributed by atoms with van der Waals surface area (Å²) in [7, 11) is 0. The van der Waals surface area contributed by atoms with Gasteiger partial charge in [-0.3, -0.25) is 4.79 Å². The lowest BCUT2D eigenvalue weighted by molar-refractivity contribution is -0.115. The molecule has 4 heteroatoms. The van der Waals surface area contributed by atoms with Gasteiger partial charge in [0.15, 0.2) is 0 Å². The summed E-state index contributed by atoms with van der Waals surface area (Å²) in [4.78, 5) is 11.8. The van der Waals surface area contributed by atoms with Crippen LogP contribution in [0.4, 0.5) is 5.69 Å². The summed E-state index contributed by atoms with van der Waals surface area (Å²) in [5, 5.41) is 6.61. The first-order valence-corrected chi connectivity index (χ1v) is 6.56. The number of benzene rings is 1. The fourth-order valence-corrected chi connectivity index (χ4v) is 2.16. The molecule has 3 nitrogen and oxygen atoms in total. The summed E-state index contributed by atoms with van der Waals surface area (Å²) < 4.78 is 0. The van der Waals surface area contributed by atoms with Crippen LogP contribution in [0, 0.1) is 0 Å². The monoisotopic (exact) mass is 264 g/mol. The van der Waals surface area contributed by atoms with Crippen molar-refractivity contribution < 1.29 is 4.79 Å². The number of anilines is 1. The van der Waals surface area contributed by atoms with Crippen molar-refractivity contribution in [1.82, 2.24) is 5.32 Å². The molecule has 1 aromatic rings. The zero-order chi connectivity index (χ0) is 12.8. The zero-order valence-electron chi connectivity index (χ0n) is 10.2. The summed E-state index contributed by atoms with van der Waals surface area (Å²) in [5.41, 5.74) is 0.662. The maximum Gasteiger partial charge on any atom is 0.238 e. The molecule has 0 saturated carbocycles. The van der Waals surface area contributed by atoms with Crippen LogP contribution in [0.15, 0.2) is 36.4 Å². The number of amides is 1. The normalized spacial score (nSPS) is 18.6. The van der Waals surface area contributed by atoms with Crippen molar-refractivity contribution in [2.24, 2.45) is 0 Å². The Labute approximate surface area is 112 Å². The quantitative estimate of drug-likeness (QED) is 0.821. The van der Waals surface area contributed by atoms with Crippen molar-refractivity contribution in [1.29, 1.82) is 0 Å². The molecule has 0 aliphatic heterocycles. The summed E-state index contributed by atoms with van der Waals surface area (Å²) >= 11 is 5.97. The number of carbonyl (C=O) groups is 1. The van der Waals surface area contributed by atoms with Crippen molar-refractivity contribution in [2.45, 2.75) is 25.3 Å². The number of hydrogen-bond acceptors (Lipinski definition) is 2. The van der Waals surface area contributed by atoms with Crippen LogP contribution in [0.25, 0.3) is 0 Å². The molecule has 18 heavy (non-hydrogen) atoms. The van der Waals surface area contributed by atoms with Crippen molar-refractivity contribution in [3.8, 4) is 0 Å². The highest BCUT2D eigenvalue weighted by Crippen LogP contribution is 2.20. The number of para-hydroxylation sites is 1. The third-order valence-corrected chi connectivity index (χ3v) is 3.30. The molecule has 0 saturated heterocycles. The van der Waals surface area contributed by atoms with Crippen molar-refractivity contribution in [2.75, 3.05) is 11.9 Å². The van der Waals surface area contributed by atoms with Gasteiger partial charge in [0.1, 0.15) is 0 Å². The highest BCUT2D eigenvalue weighted by atomic mass is 35.5. The van der Waals surface area contributed by atoms with Crippen molar-refractivity contribution >= 4 is 23.2 Å². The number of halogens is 1. The minimum Gasteiger partial charge on any atom is -0.324 e. The lowest BCUT2D eigenvalue weighted by Crippen LogP contribution is -2.36. The minimum atomic E-state index is -0.0577. The molecule has 1 aromatic carbocycles. The fraction of sp³-hybridized carbons (Fsp3) is 0.357. The van der Waals surface area contributed by atoms with E-state index in [-0.39, 0.29) is 5.91 Å². The number of nitrogens with one attached hydrogen (secondary N) is 2. The van der Waals surface area contributed by atoms with Crippen molar-refractivity contribution in [3.63, 3.8) is 0 Å². The maximum atomic E-state index is 11.8. The van der Waals surface area contributed by atoms with Crippen LogP contribution in [0.3, 0.4) is 0 Å². The van der Waals surface area contributed by atoms with E-state index < -0.39 is 0 Å². The van der Waals surface area contributed by atoms with E-state index in [9.17, 15) is 4.79 Å². The van der Waals surface area contributed by atoms with E-state index in [2.05, 4.69) is 22.8 Å². The van der Waals surface area contributed by atoms with Crippen LogP contribution in [-0.2, 0) is 4.79 Å². The number of carbonyl (C=O) groups excluding carboxylic acids is 1. The van der Waals surface area contributed by atoms with Crippen molar-refractivity contribution in [3.05, 3.63) is 41.4 Å². The molecule has 1 amide bonds. The Morgan fingerprint density at radius 1 is 1.33 bits per heavy atom. The molecule has 1 unspecified atom stereocenters. The van der Waals surface area contributed by atoms with Gasteiger partial charge < -0.3 is 10.6 Å². The van der Waals surface area contributed by atoms with Gasteiger partial charge in [-0.15, -0.1) is 0 Å². The van der Waals surface area contributed by atoms with E-state index in [1.807, 2.05) is 12.1 Å². The summed E-state index contributed by atoms with van der Waals surface area (Å²) in [6.45, 7) is 0.323. The second-order valence-corrected chi connectivity index (χ2v) is 4.80. The highest BCUT2D eigenvalue weighted by Gasteiger charge is 2.11. The van der Waals surface area contributed by atoms with E-state index in [0.717, 1.165) is 19.3 Å². The molecule has 0 bridgehead atoms. The molecule has 1 aliphatic carbocycles. The van der Waals surface area contributed by atoms with Gasteiger partial charge in [0.05, 0.1) is 17.3 Å². The third-order valence-electron chi connectivity index (χ3n) is 2.97. The number of allylic oxidation sites excluding steroid dienone is 1. The lowest BCUT2D eigenvalue weighted by Gasteiger charge is -2.19. The number of hydrogen-bond donors (Lipinski definition) is 2. The highest BCUT2D eigenvalue weighted by molar-refractivity contribution is 6.33. The molecule has 0 fully saturated rings. The Morgan fingerprint density at radius 2 is 2.17 bits per heavy atom. The molecule has 1 atom stereocenters. The first-order valence-electron chi connectivity index (χ1n) is 6.18. The summed E-state index contributed by atoms with van der Waals surface area (Å²) in [5.74, 6) is -0.0577. The predicted octanol–water partition coefficient (Wildman–Crippen LogP) is 2.98. The van der Waals surface area contributed by atoms with Gasteiger partial charge in [0, 0.05) is 6.04 Å². The topological polar surface area (TPSA) is 41.1 Å². The van der Waals surface area contributed by atoms with Crippen LogP contribution in [0.1, 0.15) is 19.3 Å². The van der Waals surface area contributed by atoms with Gasteiger partial charge in [-0.2, -0.15) is 0 Å². The van der Waals surface area contributed by atoms with Gasteiger partial charge in [0.2, 0.25) is 5.91 Å². The lowest BCUT2D eigenvalue weighted by atomic mass is 10.0. The van der Waals surface area contributed by atoms with Gasteiger partial charge in [0.25, 0.3) is 0 Å². The Balaban J connectivity index is 1.78. The Bertz CT molecular complexity index is 445. The molecule has 1 aliphatic rings. The first kappa shape index (κ1) is 13.1. The molecule has 0 radical (unpaired) electrons. The smallest absolute Gasteiger partial charge is 0.238 e. The Morgan fingerprint density at radius 3 is 2.89 bits per heavy atom. The Kier molecular flexibility index (Phi) is 4.79. The van der Waals surface area contributed by atoms with E-state index in [1.165, 1.54) is 0 Å². The SMILES string of the molecule is O=C(CNC1CC=CCC1)Nc1ccccc1Cl. The third kappa shape index (κ3) is 3.86. The van der Waals surface area contributed by atoms with Gasteiger partial charge in [-0.1, -0.05) is 35.9 Å². The minimum absolute atomic E-state index is 0.0577. The Hall–Kier alpha value is -1.32. The van der Waals surface area contributed by atoms with E-state index in [4.69, 9.17) is 11.6 Å². The molecular formula is C14H17ClN2O. The molecule has 0 heterocycles. The van der Waals surface area contributed by atoms with Crippen LogP contribution < -0.4 is 10.6 Å². The van der Waals surface area contributed by atoms with Crippen LogP contribution in [0.5, 0.6) is 0 Å². The molecular weight excluding hydrogens is 248 g/mol. The average Bonchev–Trinajstić information content (AvgIpc) is 2.40. The van der Waals surface area contributed by atoms with E-state index in [0.29, 0.717) is 23.3 Å². The zero-order valence-corrected chi connectivity index (χ0v) is 10.9. The summed E-state index contributed by atoms with van der Waals surface area (Å²) in [6, 6.07) is 7.65. The molecule has 0 aromatic heterocycles. The van der Waals surface area contributed by atoms with E-state index in [1.54, 1.807) is 12.1 Å². The summed E-state index contributed by atoms with van der Waals surface area (Å²) in [6.07, 6.45) is 7.52. The van der Waals surface area contributed by atoms with Gasteiger partial charge >= 0.3 is 0 Å². The van der Waals surface area contributed by atoms with Crippen LogP contribution in [0.2, 0.25) is 5.02 Å². The fourth-order valence-electron chi connectivity index (χ4n) is 1.97. The molecule has 96 valence electrons. The van der Waals surface area contributed by atoms with Crippen LogP contribution >= 0.6 is 11.6 Å². The average molecular weight is 265 g/mol. The van der Waals surface area contributed by atoms with Gasteiger partial charge in [-0.25, -0.2) is 0 Å². The van der Waals surface area contributed by atoms with E-state index >= 15 is 0 Å². The second kappa shape index (κ2) is 6.57. The largest absolute Gasteiger partial charge is 0.324 e. The molecule has 2 rings (SSSR count). The first-order chi connectivity index (χ1) is 8.75. The number of rotatable bonds is 4. The second-order valence-electron chi connectivity index (χ2n) is 4.39. The van der Waals surface area contributed by atoms with Gasteiger partial charge in [-0.05, 0) is 31.4 Å². The predicted molar refractivity (Wildman–Crippen MR) is 74.9 cm³/mol. The maximum absolute atomic E-state index is 11.8.